The number of carbonyl (C=O) groups excluding carboxylic acids is 1. The van der Waals surface area contributed by atoms with E-state index in [-0.39, 0.29) is 17.4 Å². The average molecular weight is 387 g/mol. The summed E-state index contributed by atoms with van der Waals surface area (Å²) >= 11 is 0. The molecule has 1 amide bonds. The molecule has 1 saturated carbocycles. The lowest BCUT2D eigenvalue weighted by Crippen LogP contribution is -2.17. The molecule has 2 heterocycles. The molecular weight excluding hydrogens is 371 g/mol. The van der Waals surface area contributed by atoms with Crippen LogP contribution in [0, 0.1) is 5.92 Å². The molecule has 0 saturated heterocycles. The van der Waals surface area contributed by atoms with E-state index in [0.717, 1.165) is 11.6 Å². The fourth-order valence-corrected chi connectivity index (χ4v) is 3.24. The van der Waals surface area contributed by atoms with Gasteiger partial charge in [-0.05, 0) is 30.0 Å². The largest absolute Gasteiger partial charge is 0.416 e. The molecule has 0 aliphatic heterocycles. The van der Waals surface area contributed by atoms with Gasteiger partial charge in [-0.1, -0.05) is 18.2 Å². The van der Waals surface area contributed by atoms with E-state index in [4.69, 9.17) is 0 Å². The van der Waals surface area contributed by atoms with Crippen LogP contribution >= 0.6 is 0 Å². The summed E-state index contributed by atoms with van der Waals surface area (Å²) in [5.41, 5.74) is 0.822. The topological polar surface area (TPSA) is 72.7 Å². The minimum atomic E-state index is -4.44. The van der Waals surface area contributed by atoms with Crippen molar-refractivity contribution in [1.82, 2.24) is 19.7 Å². The number of alkyl halides is 3. The lowest BCUT2D eigenvalue weighted by Gasteiger charge is -2.12. The predicted molar refractivity (Wildman–Crippen MR) is 95.2 cm³/mol. The van der Waals surface area contributed by atoms with Crippen molar-refractivity contribution in [2.24, 2.45) is 13.0 Å². The van der Waals surface area contributed by atoms with Crippen molar-refractivity contribution in [3.8, 4) is 11.3 Å². The Morgan fingerprint density at radius 2 is 2.04 bits per heavy atom. The molecule has 1 fully saturated rings. The Labute approximate surface area is 158 Å². The van der Waals surface area contributed by atoms with E-state index < -0.39 is 23.6 Å². The summed E-state index contributed by atoms with van der Waals surface area (Å²) in [5.74, 6) is -1.26. The number of benzene rings is 1. The molecule has 1 aromatic carbocycles. The van der Waals surface area contributed by atoms with Gasteiger partial charge >= 0.3 is 6.18 Å². The molecule has 2 aromatic heterocycles. The number of anilines is 1. The number of aryl methyl sites for hydroxylation is 1. The normalized spacial score (nSPS) is 18.7. The Morgan fingerprint density at radius 1 is 1.25 bits per heavy atom. The summed E-state index contributed by atoms with van der Waals surface area (Å²) in [7, 11) is 1.78. The number of amides is 1. The highest BCUT2D eigenvalue weighted by atomic mass is 19.4. The molecule has 28 heavy (non-hydrogen) atoms. The molecule has 144 valence electrons. The maximum absolute atomic E-state index is 13.2. The van der Waals surface area contributed by atoms with E-state index in [0.29, 0.717) is 12.1 Å². The number of rotatable bonds is 4. The third kappa shape index (κ3) is 3.60. The van der Waals surface area contributed by atoms with E-state index in [1.54, 1.807) is 36.3 Å². The highest BCUT2D eigenvalue weighted by Gasteiger charge is 2.48. The van der Waals surface area contributed by atoms with Crippen LogP contribution in [0.25, 0.3) is 11.3 Å². The highest BCUT2D eigenvalue weighted by molar-refractivity contribution is 5.94. The summed E-state index contributed by atoms with van der Waals surface area (Å²) < 4.78 is 41.2. The monoisotopic (exact) mass is 387 g/mol. The van der Waals surface area contributed by atoms with Gasteiger partial charge in [0.15, 0.2) is 0 Å². The van der Waals surface area contributed by atoms with E-state index in [9.17, 15) is 18.0 Å². The van der Waals surface area contributed by atoms with Crippen LogP contribution in [0.3, 0.4) is 0 Å². The smallest absolute Gasteiger partial charge is 0.294 e. The molecular formula is C19H16F3N5O. The molecule has 0 unspecified atom stereocenters. The first-order valence-electron chi connectivity index (χ1n) is 8.62. The van der Waals surface area contributed by atoms with Crippen molar-refractivity contribution < 1.29 is 18.0 Å². The number of halogens is 3. The van der Waals surface area contributed by atoms with Crippen molar-refractivity contribution in [2.45, 2.75) is 18.5 Å². The third-order valence-corrected chi connectivity index (χ3v) is 4.68. The van der Waals surface area contributed by atoms with Gasteiger partial charge in [-0.25, -0.2) is 9.97 Å². The molecule has 6 nitrogen and oxygen atoms in total. The van der Waals surface area contributed by atoms with Gasteiger partial charge in [-0.2, -0.15) is 18.3 Å². The molecule has 4 rings (SSSR count). The Morgan fingerprint density at radius 3 is 2.75 bits per heavy atom. The second-order valence-electron chi connectivity index (χ2n) is 6.69. The zero-order valence-corrected chi connectivity index (χ0v) is 14.8. The van der Waals surface area contributed by atoms with Crippen LogP contribution < -0.4 is 5.32 Å². The van der Waals surface area contributed by atoms with Gasteiger partial charge in [0.25, 0.3) is 0 Å². The number of nitrogens with zero attached hydrogens (tertiary/aromatic N) is 4. The average Bonchev–Trinajstić information content (AvgIpc) is 3.35. The molecule has 1 aliphatic carbocycles. The quantitative estimate of drug-likeness (QED) is 0.742. The third-order valence-electron chi connectivity index (χ3n) is 4.68. The molecule has 9 heteroatoms. The van der Waals surface area contributed by atoms with Crippen LogP contribution in [0.15, 0.2) is 48.9 Å². The van der Waals surface area contributed by atoms with E-state index >= 15 is 0 Å². The summed E-state index contributed by atoms with van der Waals surface area (Å²) in [6, 6.07) is 7.06. The zero-order valence-electron chi connectivity index (χ0n) is 14.8. The van der Waals surface area contributed by atoms with Crippen molar-refractivity contribution in [3.63, 3.8) is 0 Å². The number of hydrogen-bond donors (Lipinski definition) is 1. The molecule has 0 spiro atoms. The molecule has 0 radical (unpaired) electrons. The first-order valence-corrected chi connectivity index (χ1v) is 8.62. The van der Waals surface area contributed by atoms with Gasteiger partial charge in [0.2, 0.25) is 11.9 Å². The van der Waals surface area contributed by atoms with E-state index in [2.05, 4.69) is 20.4 Å². The predicted octanol–water partition coefficient (Wildman–Crippen LogP) is 3.64. The van der Waals surface area contributed by atoms with Crippen LogP contribution in [0.5, 0.6) is 0 Å². The number of carbonyl (C=O) groups is 1. The standard InChI is InChI=1S/C19H16F3N5O/c1-27-10-11(9-24-27)16-6-7-23-18(25-16)26-17(28)14-8-13(14)12-4-2-3-5-15(12)19(20,21)22/h2-7,9-10,13-14H,8H2,1H3,(H,23,25,26,28)/t13-,14+/m0/s1. The first kappa shape index (κ1) is 18.1. The SMILES string of the molecule is Cn1cc(-c2ccnc(NC(=O)[C@@H]3C[C@H]3c3ccccc3C(F)(F)F)n2)cn1. The fourth-order valence-electron chi connectivity index (χ4n) is 3.24. The molecule has 2 atom stereocenters. The Balaban J connectivity index is 1.48. The van der Waals surface area contributed by atoms with Crippen molar-refractivity contribution >= 4 is 11.9 Å². The second kappa shape index (κ2) is 6.74. The summed E-state index contributed by atoms with van der Waals surface area (Å²) in [6.07, 6.45) is 0.842. The van der Waals surface area contributed by atoms with E-state index in [1.165, 1.54) is 18.3 Å². The first-order chi connectivity index (χ1) is 13.3. The van der Waals surface area contributed by atoms with Crippen molar-refractivity contribution in [2.75, 3.05) is 5.32 Å². The molecule has 3 aromatic rings. The Kier molecular flexibility index (Phi) is 4.37. The molecule has 1 aliphatic rings. The van der Waals surface area contributed by atoms with Gasteiger partial charge in [0.1, 0.15) is 0 Å². The lowest BCUT2D eigenvalue weighted by atomic mass is 10.0. The van der Waals surface area contributed by atoms with Crippen LogP contribution in [-0.2, 0) is 18.0 Å². The highest BCUT2D eigenvalue weighted by Crippen LogP contribution is 2.51. The molecule has 1 N–H and O–H groups in total. The van der Waals surface area contributed by atoms with E-state index in [1.807, 2.05) is 0 Å². The Hall–Kier alpha value is -3.23. The van der Waals surface area contributed by atoms with Crippen molar-refractivity contribution in [1.29, 1.82) is 0 Å². The lowest BCUT2D eigenvalue weighted by molar-refractivity contribution is -0.138. The van der Waals surface area contributed by atoms with Crippen LogP contribution in [0.4, 0.5) is 19.1 Å². The number of nitrogens with one attached hydrogen (secondary N) is 1. The summed E-state index contributed by atoms with van der Waals surface area (Å²) in [5, 5.41) is 6.68. The van der Waals surface area contributed by atoms with Crippen LogP contribution in [0.1, 0.15) is 23.5 Å². The van der Waals surface area contributed by atoms with Gasteiger partial charge < -0.3 is 0 Å². The second-order valence-corrected chi connectivity index (χ2v) is 6.69. The minimum Gasteiger partial charge on any atom is -0.294 e. The molecule has 0 bridgehead atoms. The Bertz CT molecular complexity index is 1030. The fraction of sp³-hybridized carbons (Fsp3) is 0.263. The summed E-state index contributed by atoms with van der Waals surface area (Å²) in [4.78, 5) is 20.8. The van der Waals surface area contributed by atoms with Crippen LogP contribution in [0.2, 0.25) is 0 Å². The van der Waals surface area contributed by atoms with Crippen LogP contribution in [-0.4, -0.2) is 25.7 Å². The minimum absolute atomic E-state index is 0.112. The zero-order chi connectivity index (χ0) is 19.9. The number of aromatic nitrogens is 4. The summed E-state index contributed by atoms with van der Waals surface area (Å²) in [6.45, 7) is 0. The number of hydrogen-bond acceptors (Lipinski definition) is 4. The van der Waals surface area contributed by atoms with Gasteiger partial charge in [-0.3, -0.25) is 14.8 Å². The van der Waals surface area contributed by atoms with Gasteiger partial charge in [-0.15, -0.1) is 0 Å². The van der Waals surface area contributed by atoms with Gasteiger partial charge in [0, 0.05) is 30.9 Å². The van der Waals surface area contributed by atoms with Crippen molar-refractivity contribution in [3.05, 3.63) is 60.0 Å². The maximum atomic E-state index is 13.2. The van der Waals surface area contributed by atoms with Gasteiger partial charge in [0.05, 0.1) is 17.5 Å². The maximum Gasteiger partial charge on any atom is 0.416 e.